The molecule has 0 aliphatic carbocycles. The molecular weight excluding hydrogens is 192 g/mol. The monoisotopic (exact) mass is 225 g/mol. The van der Waals surface area contributed by atoms with Crippen LogP contribution in [0.2, 0.25) is 0 Å². The average Bonchev–Trinajstić information content (AvgIpc) is 2.32. The molecule has 0 nitrogen and oxygen atoms in total. The second kappa shape index (κ2) is 13.1. The zero-order valence-corrected chi connectivity index (χ0v) is 11.9. The van der Waals surface area contributed by atoms with Crippen molar-refractivity contribution in [2.45, 2.75) is 91.4 Å². The lowest BCUT2D eigenvalue weighted by atomic mass is 9.93. The summed E-state index contributed by atoms with van der Waals surface area (Å²) in [5.41, 5.74) is 0. The Bertz CT molecular complexity index is 117. The Labute approximate surface area is 104 Å². The first-order chi connectivity index (χ1) is 7.85. The maximum atomic E-state index is 2.55. The molecule has 0 N–H and O–H groups in total. The minimum absolute atomic E-state index is 0.968. The lowest BCUT2D eigenvalue weighted by Crippen LogP contribution is -1.99. The molecule has 0 aromatic carbocycles. The van der Waals surface area contributed by atoms with E-state index < -0.39 is 0 Å². The van der Waals surface area contributed by atoms with Gasteiger partial charge in [0.25, 0.3) is 0 Å². The van der Waals surface area contributed by atoms with Gasteiger partial charge < -0.3 is 0 Å². The zero-order chi connectivity index (χ0) is 12.1. The Morgan fingerprint density at radius 3 is 2.12 bits per heavy atom. The highest BCUT2D eigenvalue weighted by atomic mass is 14.1. The summed E-state index contributed by atoms with van der Waals surface area (Å²) in [6, 6.07) is 0. The first-order valence-corrected chi connectivity index (χ1v) is 7.66. The highest BCUT2D eigenvalue weighted by molar-refractivity contribution is 4.70. The van der Waals surface area contributed by atoms with E-state index in [-0.39, 0.29) is 0 Å². The third-order valence-electron chi connectivity index (χ3n) is 3.56. The van der Waals surface area contributed by atoms with Crippen LogP contribution in [0.5, 0.6) is 0 Å². The average molecular weight is 225 g/mol. The molecule has 0 bridgehead atoms. The highest BCUT2D eigenvalue weighted by Gasteiger charge is 2.04. The number of rotatable bonds is 12. The third-order valence-corrected chi connectivity index (χ3v) is 3.56. The van der Waals surface area contributed by atoms with Crippen molar-refractivity contribution in [1.29, 1.82) is 0 Å². The van der Waals surface area contributed by atoms with Gasteiger partial charge in [-0.15, -0.1) is 0 Å². The second-order valence-corrected chi connectivity index (χ2v) is 5.14. The molecule has 0 rings (SSSR count). The van der Waals surface area contributed by atoms with Crippen molar-refractivity contribution in [3.63, 3.8) is 0 Å². The molecule has 1 atom stereocenters. The molecule has 0 saturated carbocycles. The molecule has 0 spiro atoms. The first kappa shape index (κ1) is 16.0. The summed E-state index contributed by atoms with van der Waals surface area (Å²) in [7, 11) is 0. The largest absolute Gasteiger partial charge is 0.0654 e. The minimum atomic E-state index is 0.968. The van der Waals surface area contributed by atoms with Gasteiger partial charge in [-0.25, -0.2) is 0 Å². The lowest BCUT2D eigenvalue weighted by molar-refractivity contribution is 0.438. The predicted molar refractivity (Wildman–Crippen MR) is 75.6 cm³/mol. The molecule has 0 amide bonds. The van der Waals surface area contributed by atoms with Gasteiger partial charge in [0.05, 0.1) is 0 Å². The molecule has 1 unspecified atom stereocenters. The van der Waals surface area contributed by atoms with Crippen LogP contribution in [0.1, 0.15) is 91.4 Å². The van der Waals surface area contributed by atoms with E-state index >= 15 is 0 Å². The first-order valence-electron chi connectivity index (χ1n) is 7.66. The quantitative estimate of drug-likeness (QED) is 0.349. The topological polar surface area (TPSA) is 0 Å². The summed E-state index contributed by atoms with van der Waals surface area (Å²) < 4.78 is 0. The molecule has 0 aliphatic rings. The van der Waals surface area contributed by atoms with Crippen LogP contribution in [0.4, 0.5) is 0 Å². The molecule has 0 heteroatoms. The van der Waals surface area contributed by atoms with E-state index in [1.807, 2.05) is 0 Å². The standard InChI is InChI=1S/C16H33/c1-4-7-9-10-11-12-13-15-16(6-3)14-8-5-2/h13,16H,4-12,14-15H2,1-3H3. The molecule has 97 valence electrons. The van der Waals surface area contributed by atoms with Crippen molar-refractivity contribution in [3.8, 4) is 0 Å². The van der Waals surface area contributed by atoms with Crippen molar-refractivity contribution in [1.82, 2.24) is 0 Å². The van der Waals surface area contributed by atoms with Crippen LogP contribution >= 0.6 is 0 Å². The maximum absolute atomic E-state index is 2.55. The van der Waals surface area contributed by atoms with Gasteiger partial charge in [0.1, 0.15) is 0 Å². The van der Waals surface area contributed by atoms with Crippen LogP contribution in [0, 0.1) is 12.3 Å². The van der Waals surface area contributed by atoms with Crippen LogP contribution in [-0.2, 0) is 0 Å². The van der Waals surface area contributed by atoms with Gasteiger partial charge in [-0.3, -0.25) is 0 Å². The summed E-state index contributed by atoms with van der Waals surface area (Å²) in [4.78, 5) is 0. The summed E-state index contributed by atoms with van der Waals surface area (Å²) >= 11 is 0. The van der Waals surface area contributed by atoms with Crippen molar-refractivity contribution in [3.05, 3.63) is 6.42 Å². The van der Waals surface area contributed by atoms with E-state index in [4.69, 9.17) is 0 Å². The Morgan fingerprint density at radius 1 is 0.812 bits per heavy atom. The number of hydrogen-bond acceptors (Lipinski definition) is 0. The molecule has 0 aliphatic heterocycles. The van der Waals surface area contributed by atoms with E-state index in [0.29, 0.717) is 0 Å². The molecule has 0 aromatic rings. The van der Waals surface area contributed by atoms with Crippen LogP contribution in [-0.4, -0.2) is 0 Å². The summed E-state index contributed by atoms with van der Waals surface area (Å²) in [5.74, 6) is 0.968. The van der Waals surface area contributed by atoms with E-state index in [9.17, 15) is 0 Å². The fourth-order valence-corrected chi connectivity index (χ4v) is 2.23. The van der Waals surface area contributed by atoms with Crippen molar-refractivity contribution < 1.29 is 0 Å². The molecule has 0 fully saturated rings. The van der Waals surface area contributed by atoms with Crippen molar-refractivity contribution in [2.75, 3.05) is 0 Å². The van der Waals surface area contributed by atoms with Gasteiger partial charge in [-0.1, -0.05) is 85.0 Å². The van der Waals surface area contributed by atoms with Crippen LogP contribution in [0.3, 0.4) is 0 Å². The molecule has 0 aromatic heterocycles. The molecule has 16 heavy (non-hydrogen) atoms. The SMILES string of the molecule is CCCCCCC[CH]CC(CC)CCCC. The maximum Gasteiger partial charge on any atom is -0.0383 e. The fraction of sp³-hybridized carbons (Fsp3) is 0.938. The summed E-state index contributed by atoms with van der Waals surface area (Å²) in [6.45, 7) is 6.92. The summed E-state index contributed by atoms with van der Waals surface area (Å²) in [5, 5.41) is 0. The van der Waals surface area contributed by atoms with Gasteiger partial charge in [0.2, 0.25) is 0 Å². The van der Waals surface area contributed by atoms with Crippen LogP contribution in [0.25, 0.3) is 0 Å². The number of hydrogen-bond donors (Lipinski definition) is 0. The fourth-order valence-electron chi connectivity index (χ4n) is 2.23. The van der Waals surface area contributed by atoms with E-state index in [0.717, 1.165) is 5.92 Å². The Morgan fingerprint density at radius 2 is 1.50 bits per heavy atom. The van der Waals surface area contributed by atoms with E-state index in [1.165, 1.54) is 70.6 Å². The minimum Gasteiger partial charge on any atom is -0.0654 e. The lowest BCUT2D eigenvalue weighted by Gasteiger charge is -2.13. The van der Waals surface area contributed by atoms with Gasteiger partial charge in [0.15, 0.2) is 0 Å². The van der Waals surface area contributed by atoms with Gasteiger partial charge >= 0.3 is 0 Å². The van der Waals surface area contributed by atoms with Gasteiger partial charge in [-0.2, -0.15) is 0 Å². The second-order valence-electron chi connectivity index (χ2n) is 5.14. The smallest absolute Gasteiger partial charge is 0.0383 e. The molecule has 1 radical (unpaired) electrons. The molecular formula is C16H33. The van der Waals surface area contributed by atoms with Gasteiger partial charge in [-0.05, 0) is 18.8 Å². The van der Waals surface area contributed by atoms with Gasteiger partial charge in [0, 0.05) is 0 Å². The van der Waals surface area contributed by atoms with Crippen molar-refractivity contribution >= 4 is 0 Å². The Kier molecular flexibility index (Phi) is 13.1. The predicted octanol–water partition coefficient (Wildman–Crippen LogP) is 6.16. The zero-order valence-electron chi connectivity index (χ0n) is 11.9. The van der Waals surface area contributed by atoms with Crippen LogP contribution in [0.15, 0.2) is 0 Å². The third kappa shape index (κ3) is 10.5. The Balaban J connectivity index is 3.20. The number of unbranched alkanes of at least 4 members (excludes halogenated alkanes) is 7. The Hall–Kier alpha value is 0. The van der Waals surface area contributed by atoms with E-state index in [1.54, 1.807) is 0 Å². The van der Waals surface area contributed by atoms with Crippen molar-refractivity contribution in [2.24, 2.45) is 5.92 Å². The summed E-state index contributed by atoms with van der Waals surface area (Å²) in [6.07, 6.45) is 17.9. The highest BCUT2D eigenvalue weighted by Crippen LogP contribution is 2.19. The molecule has 0 saturated heterocycles. The van der Waals surface area contributed by atoms with Crippen LogP contribution < -0.4 is 0 Å². The normalized spacial score (nSPS) is 12.9. The van der Waals surface area contributed by atoms with E-state index in [2.05, 4.69) is 27.2 Å². The molecule has 0 heterocycles.